The largest absolute Gasteiger partial charge is 0.326 e. The van der Waals surface area contributed by atoms with E-state index in [1.165, 1.54) is 16.4 Å². The van der Waals surface area contributed by atoms with E-state index in [1.54, 1.807) is 12.1 Å². The van der Waals surface area contributed by atoms with Gasteiger partial charge in [-0.3, -0.25) is 4.79 Å². The quantitative estimate of drug-likeness (QED) is 0.846. The van der Waals surface area contributed by atoms with Crippen molar-refractivity contribution in [2.75, 3.05) is 18.4 Å². The molecular formula is C19H20F2N2O3S. The molecular weight excluding hydrogens is 374 g/mol. The molecule has 144 valence electrons. The molecule has 3 rings (SSSR count). The monoisotopic (exact) mass is 394 g/mol. The topological polar surface area (TPSA) is 66.5 Å². The van der Waals surface area contributed by atoms with Crippen molar-refractivity contribution in [2.45, 2.75) is 30.6 Å². The third-order valence-corrected chi connectivity index (χ3v) is 6.30. The molecule has 1 saturated heterocycles. The van der Waals surface area contributed by atoms with Crippen LogP contribution in [-0.2, 0) is 21.2 Å². The van der Waals surface area contributed by atoms with Gasteiger partial charge in [0, 0.05) is 24.8 Å². The number of halogens is 2. The highest BCUT2D eigenvalue weighted by Gasteiger charge is 2.25. The minimum atomic E-state index is -3.52. The van der Waals surface area contributed by atoms with Crippen molar-refractivity contribution in [2.24, 2.45) is 0 Å². The molecule has 0 spiro atoms. The van der Waals surface area contributed by atoms with Gasteiger partial charge in [-0.05, 0) is 42.7 Å². The number of piperidine rings is 1. The Bertz CT molecular complexity index is 904. The predicted octanol–water partition coefficient (Wildman–Crippen LogP) is 3.32. The zero-order valence-electron chi connectivity index (χ0n) is 14.6. The Morgan fingerprint density at radius 3 is 2.15 bits per heavy atom. The molecule has 0 radical (unpaired) electrons. The molecule has 1 aliphatic rings. The molecule has 1 aliphatic heterocycles. The van der Waals surface area contributed by atoms with Gasteiger partial charge in [0.1, 0.15) is 11.6 Å². The summed E-state index contributed by atoms with van der Waals surface area (Å²) in [4.78, 5) is 12.2. The SMILES string of the molecule is O=C(Cc1ccc(S(=O)(=O)N2CCCCC2)cc1)Nc1cc(F)cc(F)c1. The van der Waals surface area contributed by atoms with Gasteiger partial charge in [-0.2, -0.15) is 4.31 Å². The van der Waals surface area contributed by atoms with E-state index >= 15 is 0 Å². The van der Waals surface area contributed by atoms with Crippen molar-refractivity contribution in [3.8, 4) is 0 Å². The van der Waals surface area contributed by atoms with E-state index in [2.05, 4.69) is 5.32 Å². The van der Waals surface area contributed by atoms with E-state index in [0.717, 1.165) is 37.5 Å². The summed E-state index contributed by atoms with van der Waals surface area (Å²) >= 11 is 0. The van der Waals surface area contributed by atoms with E-state index in [1.807, 2.05) is 0 Å². The number of rotatable bonds is 5. The molecule has 0 aromatic heterocycles. The molecule has 0 bridgehead atoms. The van der Waals surface area contributed by atoms with E-state index in [4.69, 9.17) is 0 Å². The summed E-state index contributed by atoms with van der Waals surface area (Å²) in [7, 11) is -3.52. The van der Waals surface area contributed by atoms with Gasteiger partial charge in [-0.15, -0.1) is 0 Å². The average Bonchev–Trinajstić information content (AvgIpc) is 2.62. The molecule has 1 N–H and O–H groups in total. The number of sulfonamides is 1. The summed E-state index contributed by atoms with van der Waals surface area (Å²) in [5.41, 5.74) is 0.628. The first-order valence-corrected chi connectivity index (χ1v) is 10.1. The zero-order valence-corrected chi connectivity index (χ0v) is 15.4. The zero-order chi connectivity index (χ0) is 19.4. The molecule has 2 aromatic carbocycles. The van der Waals surface area contributed by atoms with Crippen LogP contribution in [0, 0.1) is 11.6 Å². The summed E-state index contributed by atoms with van der Waals surface area (Å²) in [5, 5.41) is 2.42. The first-order valence-electron chi connectivity index (χ1n) is 8.70. The summed E-state index contributed by atoms with van der Waals surface area (Å²) in [5.74, 6) is -2.01. The number of carbonyl (C=O) groups is 1. The highest BCUT2D eigenvalue weighted by atomic mass is 32.2. The maximum absolute atomic E-state index is 13.2. The maximum atomic E-state index is 13.2. The third kappa shape index (κ3) is 4.90. The lowest BCUT2D eigenvalue weighted by molar-refractivity contribution is -0.115. The van der Waals surface area contributed by atoms with E-state index in [9.17, 15) is 22.0 Å². The molecule has 1 heterocycles. The minimum absolute atomic E-state index is 0.0294. The Morgan fingerprint density at radius 1 is 0.963 bits per heavy atom. The highest BCUT2D eigenvalue weighted by Crippen LogP contribution is 2.21. The Kier molecular flexibility index (Phi) is 5.86. The van der Waals surface area contributed by atoms with Crippen LogP contribution in [0.25, 0.3) is 0 Å². The number of carbonyl (C=O) groups excluding carboxylic acids is 1. The second kappa shape index (κ2) is 8.14. The first-order chi connectivity index (χ1) is 12.8. The maximum Gasteiger partial charge on any atom is 0.243 e. The summed E-state index contributed by atoms with van der Waals surface area (Å²) in [6.07, 6.45) is 2.72. The van der Waals surface area contributed by atoms with Crippen LogP contribution in [0.1, 0.15) is 24.8 Å². The third-order valence-electron chi connectivity index (χ3n) is 4.39. The highest BCUT2D eigenvalue weighted by molar-refractivity contribution is 7.89. The number of benzene rings is 2. The molecule has 0 atom stereocenters. The van der Waals surface area contributed by atoms with Gasteiger partial charge in [0.15, 0.2) is 0 Å². The van der Waals surface area contributed by atoms with Crippen molar-refractivity contribution in [1.29, 1.82) is 0 Å². The Morgan fingerprint density at radius 2 is 1.56 bits per heavy atom. The van der Waals surface area contributed by atoms with Crippen LogP contribution in [0.4, 0.5) is 14.5 Å². The van der Waals surface area contributed by atoms with E-state index < -0.39 is 27.6 Å². The van der Waals surface area contributed by atoms with Gasteiger partial charge in [0.05, 0.1) is 11.3 Å². The number of amides is 1. The van der Waals surface area contributed by atoms with E-state index in [-0.39, 0.29) is 17.0 Å². The lowest BCUT2D eigenvalue weighted by Crippen LogP contribution is -2.35. The lowest BCUT2D eigenvalue weighted by atomic mass is 10.1. The van der Waals surface area contributed by atoms with Crippen LogP contribution < -0.4 is 5.32 Å². The Balaban J connectivity index is 1.65. The fourth-order valence-electron chi connectivity index (χ4n) is 3.05. The standard InChI is InChI=1S/C19H20F2N2O3S/c20-15-11-16(21)13-17(12-15)22-19(24)10-14-4-6-18(7-5-14)27(25,26)23-8-2-1-3-9-23/h4-7,11-13H,1-3,8-10H2,(H,22,24). The first kappa shape index (κ1) is 19.4. The van der Waals surface area contributed by atoms with Crippen LogP contribution in [0.15, 0.2) is 47.4 Å². The smallest absolute Gasteiger partial charge is 0.243 e. The number of hydrogen-bond donors (Lipinski definition) is 1. The van der Waals surface area contributed by atoms with Crippen molar-refractivity contribution in [3.05, 3.63) is 59.7 Å². The van der Waals surface area contributed by atoms with Gasteiger partial charge in [-0.1, -0.05) is 18.6 Å². The Hall–Kier alpha value is -2.32. The summed E-state index contributed by atoms with van der Waals surface area (Å²) in [6.45, 7) is 1.05. The van der Waals surface area contributed by atoms with Crippen LogP contribution in [0.2, 0.25) is 0 Å². The molecule has 1 fully saturated rings. The van der Waals surface area contributed by atoms with Gasteiger partial charge in [0.2, 0.25) is 15.9 Å². The van der Waals surface area contributed by atoms with Gasteiger partial charge in [-0.25, -0.2) is 17.2 Å². The predicted molar refractivity (Wildman–Crippen MR) is 97.7 cm³/mol. The van der Waals surface area contributed by atoms with Crippen LogP contribution in [0.3, 0.4) is 0 Å². The van der Waals surface area contributed by atoms with Crippen molar-refractivity contribution >= 4 is 21.6 Å². The van der Waals surface area contributed by atoms with Crippen molar-refractivity contribution in [3.63, 3.8) is 0 Å². The fraction of sp³-hybridized carbons (Fsp3) is 0.316. The molecule has 8 heteroatoms. The number of hydrogen-bond acceptors (Lipinski definition) is 3. The molecule has 0 saturated carbocycles. The van der Waals surface area contributed by atoms with Crippen LogP contribution in [0.5, 0.6) is 0 Å². The molecule has 1 amide bonds. The second-order valence-electron chi connectivity index (χ2n) is 6.49. The minimum Gasteiger partial charge on any atom is -0.326 e. The van der Waals surface area contributed by atoms with Gasteiger partial charge >= 0.3 is 0 Å². The molecule has 0 unspecified atom stereocenters. The van der Waals surface area contributed by atoms with Crippen molar-refractivity contribution < 1.29 is 22.0 Å². The van der Waals surface area contributed by atoms with E-state index in [0.29, 0.717) is 18.7 Å². The molecule has 0 aliphatic carbocycles. The van der Waals surface area contributed by atoms with Gasteiger partial charge < -0.3 is 5.32 Å². The van der Waals surface area contributed by atoms with Gasteiger partial charge in [0.25, 0.3) is 0 Å². The summed E-state index contributed by atoms with van der Waals surface area (Å²) < 4.78 is 53.0. The second-order valence-corrected chi connectivity index (χ2v) is 8.43. The van der Waals surface area contributed by atoms with Crippen LogP contribution >= 0.6 is 0 Å². The summed E-state index contributed by atoms with van der Waals surface area (Å²) in [6, 6.07) is 8.87. The molecule has 27 heavy (non-hydrogen) atoms. The molecule has 2 aromatic rings. The number of nitrogens with one attached hydrogen (secondary N) is 1. The normalized spacial score (nSPS) is 15.5. The van der Waals surface area contributed by atoms with Crippen molar-refractivity contribution in [1.82, 2.24) is 4.31 Å². The lowest BCUT2D eigenvalue weighted by Gasteiger charge is -2.25. The number of anilines is 1. The fourth-order valence-corrected chi connectivity index (χ4v) is 4.57. The number of nitrogens with zero attached hydrogens (tertiary/aromatic N) is 1. The Labute approximate surface area is 157 Å². The van der Waals surface area contributed by atoms with Crippen LogP contribution in [-0.4, -0.2) is 31.7 Å². The molecule has 5 nitrogen and oxygen atoms in total. The average molecular weight is 394 g/mol.